The summed E-state index contributed by atoms with van der Waals surface area (Å²) in [5.74, 6) is 0.754. The molecular weight excluding hydrogens is 286 g/mol. The van der Waals surface area contributed by atoms with Gasteiger partial charge < -0.3 is 10.6 Å². The van der Waals surface area contributed by atoms with Crippen LogP contribution in [0, 0.1) is 0 Å². The number of rotatable bonds is 9. The van der Waals surface area contributed by atoms with Gasteiger partial charge in [0.05, 0.1) is 5.56 Å². The Morgan fingerprint density at radius 3 is 2.57 bits per heavy atom. The molecule has 4 heteroatoms. The lowest BCUT2D eigenvalue weighted by molar-refractivity contribution is 0.0953. The minimum atomic E-state index is -0.0642. The van der Waals surface area contributed by atoms with Gasteiger partial charge in [-0.2, -0.15) is 0 Å². The van der Waals surface area contributed by atoms with E-state index in [1.165, 1.54) is 5.56 Å². The van der Waals surface area contributed by atoms with Gasteiger partial charge in [0.25, 0.3) is 5.91 Å². The standard InChI is InChI=1S/C19H25N3O/c1-2-3-13-20-18-12-11-17(15-22-18)19(23)21-14-7-10-16-8-5-4-6-9-16/h4-6,8-9,11-12,15H,2-3,7,10,13-14H2,1H3,(H,20,22)(H,21,23). The number of pyridine rings is 1. The summed E-state index contributed by atoms with van der Waals surface area (Å²) >= 11 is 0. The number of amides is 1. The fraction of sp³-hybridized carbons (Fsp3) is 0.368. The van der Waals surface area contributed by atoms with E-state index < -0.39 is 0 Å². The van der Waals surface area contributed by atoms with Crippen LogP contribution in [0.25, 0.3) is 0 Å². The van der Waals surface area contributed by atoms with Gasteiger partial charge in [-0.15, -0.1) is 0 Å². The van der Waals surface area contributed by atoms with Crippen LogP contribution in [0.3, 0.4) is 0 Å². The number of nitrogens with zero attached hydrogens (tertiary/aromatic N) is 1. The van der Waals surface area contributed by atoms with Crippen LogP contribution in [0.4, 0.5) is 5.82 Å². The maximum atomic E-state index is 12.1. The molecule has 2 aromatic rings. The molecular formula is C19H25N3O. The van der Waals surface area contributed by atoms with Crippen LogP contribution in [0.15, 0.2) is 48.7 Å². The first-order valence-electron chi connectivity index (χ1n) is 8.31. The molecule has 23 heavy (non-hydrogen) atoms. The van der Waals surface area contributed by atoms with Crippen molar-refractivity contribution in [3.8, 4) is 0 Å². The van der Waals surface area contributed by atoms with Crippen molar-refractivity contribution in [2.24, 2.45) is 0 Å². The molecule has 0 radical (unpaired) electrons. The molecule has 2 N–H and O–H groups in total. The Bertz CT molecular complexity index is 581. The van der Waals surface area contributed by atoms with Crippen LogP contribution in [-0.2, 0) is 6.42 Å². The molecule has 0 aliphatic rings. The normalized spacial score (nSPS) is 10.3. The minimum Gasteiger partial charge on any atom is -0.370 e. The van der Waals surface area contributed by atoms with Crippen LogP contribution in [0.1, 0.15) is 42.1 Å². The highest BCUT2D eigenvalue weighted by molar-refractivity contribution is 5.94. The van der Waals surface area contributed by atoms with Crippen molar-refractivity contribution in [2.75, 3.05) is 18.4 Å². The minimum absolute atomic E-state index is 0.0642. The molecule has 1 aromatic carbocycles. The molecule has 1 aromatic heterocycles. The fourth-order valence-electron chi connectivity index (χ4n) is 2.27. The summed E-state index contributed by atoms with van der Waals surface area (Å²) in [5, 5.41) is 6.18. The monoisotopic (exact) mass is 311 g/mol. The molecule has 0 bridgehead atoms. The van der Waals surface area contributed by atoms with Crippen LogP contribution in [0.5, 0.6) is 0 Å². The summed E-state index contributed by atoms with van der Waals surface area (Å²) in [7, 11) is 0. The molecule has 0 aliphatic carbocycles. The lowest BCUT2D eigenvalue weighted by atomic mass is 10.1. The zero-order chi connectivity index (χ0) is 16.3. The SMILES string of the molecule is CCCCNc1ccc(C(=O)NCCCc2ccccc2)cn1. The summed E-state index contributed by atoms with van der Waals surface area (Å²) in [6.07, 6.45) is 5.79. The highest BCUT2D eigenvalue weighted by Gasteiger charge is 2.05. The summed E-state index contributed by atoms with van der Waals surface area (Å²) in [4.78, 5) is 16.3. The highest BCUT2D eigenvalue weighted by Crippen LogP contribution is 2.06. The number of carbonyl (C=O) groups excluding carboxylic acids is 1. The molecule has 1 heterocycles. The quantitative estimate of drug-likeness (QED) is 0.695. The number of nitrogens with one attached hydrogen (secondary N) is 2. The molecule has 122 valence electrons. The number of unbranched alkanes of at least 4 members (excludes halogenated alkanes) is 1. The van der Waals surface area contributed by atoms with E-state index in [1.807, 2.05) is 30.3 Å². The van der Waals surface area contributed by atoms with E-state index in [-0.39, 0.29) is 5.91 Å². The lowest BCUT2D eigenvalue weighted by Gasteiger charge is -2.07. The summed E-state index contributed by atoms with van der Waals surface area (Å²) in [6, 6.07) is 14.0. The Morgan fingerprint density at radius 2 is 1.87 bits per heavy atom. The number of hydrogen-bond donors (Lipinski definition) is 2. The molecule has 0 spiro atoms. The smallest absolute Gasteiger partial charge is 0.252 e. The molecule has 1 amide bonds. The van der Waals surface area contributed by atoms with Crippen LogP contribution in [0.2, 0.25) is 0 Å². The van der Waals surface area contributed by atoms with Crippen LogP contribution in [-0.4, -0.2) is 24.0 Å². The second-order valence-corrected chi connectivity index (χ2v) is 5.56. The van der Waals surface area contributed by atoms with Gasteiger partial charge in [0, 0.05) is 19.3 Å². The van der Waals surface area contributed by atoms with Crippen LogP contribution < -0.4 is 10.6 Å². The van der Waals surface area contributed by atoms with E-state index in [9.17, 15) is 4.79 Å². The van der Waals surface area contributed by atoms with Crippen molar-refractivity contribution >= 4 is 11.7 Å². The van der Waals surface area contributed by atoms with Gasteiger partial charge in [0.15, 0.2) is 0 Å². The fourth-order valence-corrected chi connectivity index (χ4v) is 2.27. The Hall–Kier alpha value is -2.36. The third kappa shape index (κ3) is 6.10. The van der Waals surface area contributed by atoms with Gasteiger partial charge in [-0.05, 0) is 37.0 Å². The number of anilines is 1. The molecule has 0 aliphatic heterocycles. The topological polar surface area (TPSA) is 54.0 Å². The molecule has 2 rings (SSSR count). The Morgan fingerprint density at radius 1 is 1.04 bits per heavy atom. The van der Waals surface area contributed by atoms with E-state index >= 15 is 0 Å². The van der Waals surface area contributed by atoms with Gasteiger partial charge in [-0.1, -0.05) is 43.7 Å². The number of carbonyl (C=O) groups is 1. The molecule has 0 saturated carbocycles. The maximum absolute atomic E-state index is 12.1. The second-order valence-electron chi connectivity index (χ2n) is 5.56. The van der Waals surface area contributed by atoms with Crippen molar-refractivity contribution in [3.63, 3.8) is 0 Å². The van der Waals surface area contributed by atoms with Crippen molar-refractivity contribution < 1.29 is 4.79 Å². The first kappa shape index (κ1) is 17.0. The van der Waals surface area contributed by atoms with Crippen molar-refractivity contribution in [2.45, 2.75) is 32.6 Å². The van der Waals surface area contributed by atoms with E-state index in [2.05, 4.69) is 34.7 Å². The number of aryl methyl sites for hydroxylation is 1. The summed E-state index contributed by atoms with van der Waals surface area (Å²) in [5.41, 5.74) is 1.90. The molecule has 0 saturated heterocycles. The number of hydrogen-bond acceptors (Lipinski definition) is 3. The largest absolute Gasteiger partial charge is 0.370 e. The predicted octanol–water partition coefficient (Wildman–Crippen LogP) is 3.66. The van der Waals surface area contributed by atoms with Crippen molar-refractivity contribution in [1.82, 2.24) is 10.3 Å². The third-order valence-electron chi connectivity index (χ3n) is 3.63. The average Bonchev–Trinajstić information content (AvgIpc) is 2.60. The van der Waals surface area contributed by atoms with Gasteiger partial charge in [-0.3, -0.25) is 4.79 Å². The molecule has 0 unspecified atom stereocenters. The van der Waals surface area contributed by atoms with E-state index in [4.69, 9.17) is 0 Å². The lowest BCUT2D eigenvalue weighted by Crippen LogP contribution is -2.24. The number of benzene rings is 1. The zero-order valence-corrected chi connectivity index (χ0v) is 13.7. The van der Waals surface area contributed by atoms with Crippen molar-refractivity contribution in [3.05, 3.63) is 59.8 Å². The predicted molar refractivity (Wildman–Crippen MR) is 94.7 cm³/mol. The zero-order valence-electron chi connectivity index (χ0n) is 13.7. The van der Waals surface area contributed by atoms with Crippen LogP contribution >= 0.6 is 0 Å². The Balaban J connectivity index is 1.70. The molecule has 0 fully saturated rings. The molecule has 4 nitrogen and oxygen atoms in total. The second kappa shape index (κ2) is 9.62. The van der Waals surface area contributed by atoms with Gasteiger partial charge in [0.2, 0.25) is 0 Å². The third-order valence-corrected chi connectivity index (χ3v) is 3.63. The average molecular weight is 311 g/mol. The summed E-state index contributed by atoms with van der Waals surface area (Å²) < 4.78 is 0. The Kier molecular flexibility index (Phi) is 7.11. The van der Waals surface area contributed by atoms with Gasteiger partial charge in [-0.25, -0.2) is 4.98 Å². The van der Waals surface area contributed by atoms with E-state index in [0.717, 1.165) is 38.0 Å². The maximum Gasteiger partial charge on any atom is 0.252 e. The van der Waals surface area contributed by atoms with Gasteiger partial charge >= 0.3 is 0 Å². The summed E-state index contributed by atoms with van der Waals surface area (Å²) in [6.45, 7) is 3.74. The first-order chi connectivity index (χ1) is 11.3. The number of aromatic nitrogens is 1. The molecule has 0 atom stereocenters. The Labute approximate surface area is 138 Å². The van der Waals surface area contributed by atoms with E-state index in [1.54, 1.807) is 6.20 Å². The van der Waals surface area contributed by atoms with Crippen molar-refractivity contribution in [1.29, 1.82) is 0 Å². The van der Waals surface area contributed by atoms with E-state index in [0.29, 0.717) is 12.1 Å². The first-order valence-corrected chi connectivity index (χ1v) is 8.31. The van der Waals surface area contributed by atoms with Gasteiger partial charge in [0.1, 0.15) is 5.82 Å². The highest BCUT2D eigenvalue weighted by atomic mass is 16.1.